The fourth-order valence-electron chi connectivity index (χ4n) is 3.52. The number of benzene rings is 2. The van der Waals surface area contributed by atoms with Gasteiger partial charge in [0.1, 0.15) is 0 Å². The van der Waals surface area contributed by atoms with Crippen molar-refractivity contribution in [2.45, 2.75) is 50.4 Å². The van der Waals surface area contributed by atoms with Crippen LogP contribution in [-0.4, -0.2) is 31.1 Å². The second kappa shape index (κ2) is 15.6. The molecule has 0 aliphatic carbocycles. The van der Waals surface area contributed by atoms with E-state index in [4.69, 9.17) is 10.5 Å². The predicted octanol–water partition coefficient (Wildman–Crippen LogP) is 5.37. The number of halogens is 1. The molecule has 0 atom stereocenters. The van der Waals surface area contributed by atoms with Gasteiger partial charge in [0, 0.05) is 11.9 Å². The lowest BCUT2D eigenvalue weighted by molar-refractivity contribution is 0.331. The smallest absolute Gasteiger partial charge is 0.0669 e. The first-order valence-electron chi connectivity index (χ1n) is 11.1. The third-order valence-electron chi connectivity index (χ3n) is 5.33. The molecule has 0 saturated carbocycles. The summed E-state index contributed by atoms with van der Waals surface area (Å²) in [6.45, 7) is 6.03. The van der Waals surface area contributed by atoms with Crippen LogP contribution in [-0.2, 0) is 24.7 Å². The molecular weight excluding hydrogens is 448 g/mol. The molecule has 2 aromatic rings. The zero-order valence-electron chi connectivity index (χ0n) is 18.3. The summed E-state index contributed by atoms with van der Waals surface area (Å²) in [5.41, 5.74) is 4.80. The molecule has 2 aromatic carbocycles. The van der Waals surface area contributed by atoms with Crippen molar-refractivity contribution in [1.82, 2.24) is 10.2 Å². The molecule has 4 rings (SSSR count). The van der Waals surface area contributed by atoms with Crippen molar-refractivity contribution in [1.29, 1.82) is 10.5 Å². The average Bonchev–Trinajstić information content (AvgIpc) is 3.54. The SMILES string of the molecule is C1CCNC1.N#CCc1ccc(CBr)cc1.N#CCc1ccc(CN2CCCC2)cc1. The molecule has 2 aliphatic rings. The molecule has 1 N–H and O–H groups in total. The minimum Gasteiger partial charge on any atom is -0.317 e. The van der Waals surface area contributed by atoms with Crippen LogP contribution in [0.25, 0.3) is 0 Å². The molecule has 2 saturated heterocycles. The summed E-state index contributed by atoms with van der Waals surface area (Å²) in [6, 6.07) is 20.7. The summed E-state index contributed by atoms with van der Waals surface area (Å²) in [5, 5.41) is 21.0. The Balaban J connectivity index is 0.000000186. The number of hydrogen-bond donors (Lipinski definition) is 1. The van der Waals surface area contributed by atoms with Gasteiger partial charge in [0.05, 0.1) is 25.0 Å². The molecular formula is C26H33BrN4. The highest BCUT2D eigenvalue weighted by molar-refractivity contribution is 9.08. The van der Waals surface area contributed by atoms with Crippen LogP contribution in [0.15, 0.2) is 48.5 Å². The Morgan fingerprint density at radius 1 is 0.710 bits per heavy atom. The third kappa shape index (κ3) is 10.6. The van der Waals surface area contributed by atoms with Gasteiger partial charge in [-0.1, -0.05) is 64.5 Å². The lowest BCUT2D eigenvalue weighted by Gasteiger charge is -2.14. The lowest BCUT2D eigenvalue weighted by Crippen LogP contribution is -2.18. The van der Waals surface area contributed by atoms with E-state index in [0.29, 0.717) is 12.8 Å². The summed E-state index contributed by atoms with van der Waals surface area (Å²) in [4.78, 5) is 2.49. The normalized spacial score (nSPS) is 15.1. The van der Waals surface area contributed by atoms with E-state index in [2.05, 4.69) is 62.6 Å². The van der Waals surface area contributed by atoms with Gasteiger partial charge in [0.25, 0.3) is 0 Å². The van der Waals surface area contributed by atoms with Gasteiger partial charge < -0.3 is 5.32 Å². The van der Waals surface area contributed by atoms with E-state index >= 15 is 0 Å². The Bertz CT molecular complexity index is 801. The van der Waals surface area contributed by atoms with Crippen LogP contribution in [0.3, 0.4) is 0 Å². The first kappa shape index (κ1) is 25.1. The van der Waals surface area contributed by atoms with Gasteiger partial charge >= 0.3 is 0 Å². The van der Waals surface area contributed by atoms with Gasteiger partial charge in [-0.05, 0) is 74.1 Å². The highest BCUT2D eigenvalue weighted by Gasteiger charge is 2.11. The Morgan fingerprint density at radius 3 is 1.55 bits per heavy atom. The number of nitrogens with one attached hydrogen (secondary N) is 1. The summed E-state index contributed by atoms with van der Waals surface area (Å²) in [7, 11) is 0. The molecule has 0 aromatic heterocycles. The highest BCUT2D eigenvalue weighted by Crippen LogP contribution is 2.13. The van der Waals surface area contributed by atoms with Crippen LogP contribution in [0.4, 0.5) is 0 Å². The molecule has 0 spiro atoms. The van der Waals surface area contributed by atoms with E-state index in [0.717, 1.165) is 23.0 Å². The van der Waals surface area contributed by atoms with E-state index < -0.39 is 0 Å². The second-order valence-electron chi connectivity index (χ2n) is 7.88. The zero-order valence-corrected chi connectivity index (χ0v) is 19.9. The van der Waals surface area contributed by atoms with Gasteiger partial charge in [-0.15, -0.1) is 0 Å². The Labute approximate surface area is 196 Å². The predicted molar refractivity (Wildman–Crippen MR) is 131 cm³/mol. The zero-order chi connectivity index (χ0) is 22.2. The number of rotatable bonds is 5. The molecule has 164 valence electrons. The lowest BCUT2D eigenvalue weighted by atomic mass is 10.1. The monoisotopic (exact) mass is 480 g/mol. The van der Waals surface area contributed by atoms with E-state index in [1.807, 2.05) is 24.3 Å². The van der Waals surface area contributed by atoms with Crippen molar-refractivity contribution < 1.29 is 0 Å². The Hall–Kier alpha value is -2.18. The molecule has 2 heterocycles. The fraction of sp³-hybridized carbons (Fsp3) is 0.462. The van der Waals surface area contributed by atoms with Crippen molar-refractivity contribution in [2.24, 2.45) is 0 Å². The minimum atomic E-state index is 0.503. The summed E-state index contributed by atoms with van der Waals surface area (Å²) < 4.78 is 0. The number of nitrogens with zero attached hydrogens (tertiary/aromatic N) is 3. The molecule has 2 aliphatic heterocycles. The van der Waals surface area contributed by atoms with Gasteiger partial charge in [0.2, 0.25) is 0 Å². The standard InChI is InChI=1S/C13H16N2.C9H8BrN.C4H9N/c14-8-7-12-3-5-13(6-4-12)11-15-9-1-2-10-15;10-7-9-3-1-8(2-4-9)5-6-11;1-2-4-5-3-1/h3-6H,1-2,7,9-11H2;1-4H,5,7H2;5H,1-4H2. The van der Waals surface area contributed by atoms with E-state index in [9.17, 15) is 0 Å². The maximum absolute atomic E-state index is 8.56. The summed E-state index contributed by atoms with van der Waals surface area (Å²) in [5.74, 6) is 0. The number of nitriles is 2. The van der Waals surface area contributed by atoms with Crippen LogP contribution < -0.4 is 5.32 Å². The van der Waals surface area contributed by atoms with Crippen molar-refractivity contribution in [3.8, 4) is 12.1 Å². The topological polar surface area (TPSA) is 62.9 Å². The third-order valence-corrected chi connectivity index (χ3v) is 5.98. The molecule has 2 fully saturated rings. The van der Waals surface area contributed by atoms with E-state index in [-0.39, 0.29) is 0 Å². The Morgan fingerprint density at radius 2 is 1.16 bits per heavy atom. The quantitative estimate of drug-likeness (QED) is 0.584. The summed E-state index contributed by atoms with van der Waals surface area (Å²) >= 11 is 3.36. The molecule has 5 heteroatoms. The largest absolute Gasteiger partial charge is 0.317 e. The van der Waals surface area contributed by atoms with Crippen molar-refractivity contribution in [3.05, 3.63) is 70.8 Å². The van der Waals surface area contributed by atoms with E-state index in [1.54, 1.807) is 0 Å². The molecule has 0 amide bonds. The van der Waals surface area contributed by atoms with Gasteiger partial charge in [-0.3, -0.25) is 4.90 Å². The molecule has 0 bridgehead atoms. The van der Waals surface area contributed by atoms with Gasteiger partial charge in [-0.25, -0.2) is 0 Å². The first-order valence-corrected chi connectivity index (χ1v) is 12.3. The van der Waals surface area contributed by atoms with Crippen LogP contribution in [0, 0.1) is 22.7 Å². The highest BCUT2D eigenvalue weighted by atomic mass is 79.9. The fourth-order valence-corrected chi connectivity index (χ4v) is 3.89. The van der Waals surface area contributed by atoms with Crippen molar-refractivity contribution in [3.63, 3.8) is 0 Å². The minimum absolute atomic E-state index is 0.503. The number of alkyl halides is 1. The van der Waals surface area contributed by atoms with Crippen molar-refractivity contribution >= 4 is 15.9 Å². The second-order valence-corrected chi connectivity index (χ2v) is 8.44. The number of hydrogen-bond acceptors (Lipinski definition) is 4. The molecule has 4 nitrogen and oxygen atoms in total. The van der Waals surface area contributed by atoms with Crippen molar-refractivity contribution in [2.75, 3.05) is 26.2 Å². The molecule has 31 heavy (non-hydrogen) atoms. The van der Waals surface area contributed by atoms with Gasteiger partial charge in [-0.2, -0.15) is 10.5 Å². The Kier molecular flexibility index (Phi) is 12.6. The first-order chi connectivity index (χ1) is 15.2. The van der Waals surface area contributed by atoms with Crippen LogP contribution in [0.1, 0.15) is 47.9 Å². The van der Waals surface area contributed by atoms with E-state index in [1.165, 1.54) is 63.0 Å². The van der Waals surface area contributed by atoms with Crippen LogP contribution >= 0.6 is 15.9 Å². The van der Waals surface area contributed by atoms with Crippen LogP contribution in [0.2, 0.25) is 0 Å². The molecule has 0 unspecified atom stereocenters. The maximum atomic E-state index is 8.56. The summed E-state index contributed by atoms with van der Waals surface area (Å²) in [6.07, 6.45) is 6.48. The molecule has 0 radical (unpaired) electrons. The van der Waals surface area contributed by atoms with Crippen LogP contribution in [0.5, 0.6) is 0 Å². The number of likely N-dealkylation sites (tertiary alicyclic amines) is 1. The average molecular weight is 481 g/mol. The maximum Gasteiger partial charge on any atom is 0.0669 e. The van der Waals surface area contributed by atoms with Gasteiger partial charge in [0.15, 0.2) is 0 Å².